The number of fused-ring (bicyclic) bond motifs is 9. The molecule has 0 saturated carbocycles. The van der Waals surface area contributed by atoms with Crippen molar-refractivity contribution in [2.75, 3.05) is 4.90 Å². The van der Waals surface area contributed by atoms with Gasteiger partial charge in [0.25, 0.3) is 0 Å². The van der Waals surface area contributed by atoms with E-state index in [-0.39, 0.29) is 5.41 Å². The topological polar surface area (TPSA) is 3.24 Å². The number of para-hydroxylation sites is 1. The molecule has 7 aromatic carbocycles. The second kappa shape index (κ2) is 10.2. The van der Waals surface area contributed by atoms with E-state index in [2.05, 4.69) is 183 Å². The van der Waals surface area contributed by atoms with Crippen molar-refractivity contribution in [3.05, 3.63) is 181 Å². The van der Waals surface area contributed by atoms with Gasteiger partial charge in [0.15, 0.2) is 0 Å². The first kappa shape index (κ1) is 27.5. The largest absolute Gasteiger partial charge is 0.333 e. The number of benzene rings is 7. The van der Waals surface area contributed by atoms with Gasteiger partial charge < -0.3 is 4.90 Å². The lowest BCUT2D eigenvalue weighted by atomic mass is 9.81. The Balaban J connectivity index is 0.976. The standard InChI is InChI=1S/C47H35N/c1-47(2)43-12-6-3-9-37(43)42-28-35-22-20-33-19-21-34(27-40(33)41(35)29-44(42)47)32-17-15-30(16-18-32)31-23-25-36(26-24-31)48-45-13-7-4-10-38(45)39-11-5-8-14-46(39)48/h3-29,38,45H,1-2H3. The van der Waals surface area contributed by atoms with E-state index in [9.17, 15) is 0 Å². The molecular formula is C47H35N. The third kappa shape index (κ3) is 3.97. The van der Waals surface area contributed by atoms with E-state index in [4.69, 9.17) is 0 Å². The monoisotopic (exact) mass is 613 g/mol. The SMILES string of the molecule is CC1(C)c2ccccc2-c2cc3ccc4ccc(-c5ccc(-c6ccc(N7c8ccccc8C8C=CC=CC87)cc6)cc5)cc4c3cc21. The summed E-state index contributed by atoms with van der Waals surface area (Å²) < 4.78 is 0. The number of rotatable bonds is 3. The van der Waals surface area contributed by atoms with Crippen LogP contribution in [0.15, 0.2) is 164 Å². The van der Waals surface area contributed by atoms with Gasteiger partial charge in [0.2, 0.25) is 0 Å². The fourth-order valence-corrected chi connectivity index (χ4v) is 8.69. The van der Waals surface area contributed by atoms with E-state index in [0.717, 1.165) is 0 Å². The van der Waals surface area contributed by atoms with E-state index < -0.39 is 0 Å². The minimum absolute atomic E-state index is 0.0143. The van der Waals surface area contributed by atoms with Gasteiger partial charge in [-0.05, 0) is 108 Å². The Kier molecular flexibility index (Phi) is 5.82. The maximum atomic E-state index is 2.49. The molecule has 1 nitrogen and oxygen atoms in total. The minimum atomic E-state index is -0.0143. The molecule has 1 aliphatic heterocycles. The lowest BCUT2D eigenvalue weighted by Gasteiger charge is -2.28. The molecule has 7 aromatic rings. The van der Waals surface area contributed by atoms with Gasteiger partial charge in [-0.25, -0.2) is 0 Å². The molecule has 0 saturated heterocycles. The average Bonchev–Trinajstić information content (AvgIpc) is 3.59. The Morgan fingerprint density at radius 3 is 1.96 bits per heavy atom. The Hall–Kier alpha value is -5.66. The van der Waals surface area contributed by atoms with Gasteiger partial charge >= 0.3 is 0 Å². The zero-order valence-corrected chi connectivity index (χ0v) is 27.2. The lowest BCUT2D eigenvalue weighted by Crippen LogP contribution is -2.28. The van der Waals surface area contributed by atoms with Crippen molar-refractivity contribution in [3.8, 4) is 33.4 Å². The highest BCUT2D eigenvalue weighted by Crippen LogP contribution is 2.51. The number of nitrogens with zero attached hydrogens (tertiary/aromatic N) is 1. The Morgan fingerprint density at radius 1 is 0.500 bits per heavy atom. The van der Waals surface area contributed by atoms with Crippen molar-refractivity contribution in [3.63, 3.8) is 0 Å². The minimum Gasteiger partial charge on any atom is -0.333 e. The maximum Gasteiger partial charge on any atom is 0.0629 e. The number of allylic oxidation sites excluding steroid dienone is 2. The molecule has 1 heteroatoms. The van der Waals surface area contributed by atoms with Gasteiger partial charge in [0.05, 0.1) is 6.04 Å². The maximum absolute atomic E-state index is 2.49. The Bertz CT molecular complexity index is 2480. The summed E-state index contributed by atoms with van der Waals surface area (Å²) in [6.07, 6.45) is 9.03. The number of anilines is 2. The first-order chi connectivity index (χ1) is 23.5. The van der Waals surface area contributed by atoms with E-state index >= 15 is 0 Å². The van der Waals surface area contributed by atoms with E-state index in [0.29, 0.717) is 12.0 Å². The molecule has 2 atom stereocenters. The zero-order valence-electron chi connectivity index (χ0n) is 27.2. The van der Waals surface area contributed by atoms with Crippen molar-refractivity contribution in [1.82, 2.24) is 0 Å². The fraction of sp³-hybridized carbons (Fsp3) is 0.106. The Morgan fingerprint density at radius 2 is 1.12 bits per heavy atom. The molecule has 10 rings (SSSR count). The van der Waals surface area contributed by atoms with Crippen LogP contribution in [0.4, 0.5) is 11.4 Å². The van der Waals surface area contributed by atoms with E-state index in [1.54, 1.807) is 0 Å². The molecule has 0 fully saturated rings. The molecule has 1 heterocycles. The average molecular weight is 614 g/mol. The predicted molar refractivity (Wildman–Crippen MR) is 203 cm³/mol. The summed E-state index contributed by atoms with van der Waals surface area (Å²) in [7, 11) is 0. The number of hydrogen-bond donors (Lipinski definition) is 0. The molecule has 48 heavy (non-hydrogen) atoms. The summed E-state index contributed by atoms with van der Waals surface area (Å²) in [6.45, 7) is 4.73. The second-order valence-electron chi connectivity index (χ2n) is 14.1. The molecule has 0 radical (unpaired) electrons. The van der Waals surface area contributed by atoms with Crippen LogP contribution in [-0.4, -0.2) is 6.04 Å². The van der Waals surface area contributed by atoms with E-state index in [1.807, 2.05) is 0 Å². The first-order valence-electron chi connectivity index (χ1n) is 17.1. The van der Waals surface area contributed by atoms with Crippen LogP contribution in [0.2, 0.25) is 0 Å². The third-order valence-corrected chi connectivity index (χ3v) is 11.2. The van der Waals surface area contributed by atoms with Crippen LogP contribution >= 0.6 is 0 Å². The molecule has 2 unspecified atom stereocenters. The van der Waals surface area contributed by atoms with Crippen molar-refractivity contribution in [2.45, 2.75) is 31.2 Å². The van der Waals surface area contributed by atoms with Crippen LogP contribution in [0.1, 0.15) is 36.5 Å². The Labute approximate surface area is 282 Å². The molecule has 0 spiro atoms. The smallest absolute Gasteiger partial charge is 0.0629 e. The molecular weight excluding hydrogens is 579 g/mol. The molecule has 0 N–H and O–H groups in total. The molecule has 0 aromatic heterocycles. The van der Waals surface area contributed by atoms with Crippen LogP contribution in [0, 0.1) is 0 Å². The van der Waals surface area contributed by atoms with Crippen molar-refractivity contribution in [2.24, 2.45) is 0 Å². The van der Waals surface area contributed by atoms with Crippen LogP contribution in [0.3, 0.4) is 0 Å². The molecule has 228 valence electrons. The predicted octanol–water partition coefficient (Wildman–Crippen LogP) is 12.4. The van der Waals surface area contributed by atoms with Crippen LogP contribution in [0.5, 0.6) is 0 Å². The fourth-order valence-electron chi connectivity index (χ4n) is 8.69. The van der Waals surface area contributed by atoms with Gasteiger partial charge in [-0.1, -0.05) is 141 Å². The van der Waals surface area contributed by atoms with E-state index in [1.165, 1.54) is 83.0 Å². The summed E-state index contributed by atoms with van der Waals surface area (Å²) in [5.41, 5.74) is 14.5. The molecule has 2 aliphatic carbocycles. The summed E-state index contributed by atoms with van der Waals surface area (Å²) >= 11 is 0. The van der Waals surface area contributed by atoms with Crippen molar-refractivity contribution in [1.29, 1.82) is 0 Å². The summed E-state index contributed by atoms with van der Waals surface area (Å²) in [5, 5.41) is 5.22. The zero-order chi connectivity index (χ0) is 32.0. The highest BCUT2D eigenvalue weighted by atomic mass is 15.2. The molecule has 0 bridgehead atoms. The van der Waals surface area contributed by atoms with Gasteiger partial charge in [-0.15, -0.1) is 0 Å². The normalized spacial score (nSPS) is 18.2. The lowest BCUT2D eigenvalue weighted by molar-refractivity contribution is 0.661. The van der Waals surface area contributed by atoms with Crippen LogP contribution < -0.4 is 4.90 Å². The van der Waals surface area contributed by atoms with Crippen molar-refractivity contribution >= 4 is 32.9 Å². The van der Waals surface area contributed by atoms with Gasteiger partial charge in [-0.2, -0.15) is 0 Å². The summed E-state index contributed by atoms with van der Waals surface area (Å²) in [4.78, 5) is 2.49. The molecule has 0 amide bonds. The quantitative estimate of drug-likeness (QED) is 0.179. The number of hydrogen-bond acceptors (Lipinski definition) is 1. The first-order valence-corrected chi connectivity index (χ1v) is 17.1. The second-order valence-corrected chi connectivity index (χ2v) is 14.1. The summed E-state index contributed by atoms with van der Waals surface area (Å²) in [6, 6.07) is 52.6. The van der Waals surface area contributed by atoms with Crippen LogP contribution in [-0.2, 0) is 5.41 Å². The van der Waals surface area contributed by atoms with Crippen molar-refractivity contribution < 1.29 is 0 Å². The van der Waals surface area contributed by atoms with Gasteiger partial charge in [0.1, 0.15) is 0 Å². The molecule has 3 aliphatic rings. The van der Waals surface area contributed by atoms with Crippen LogP contribution in [0.25, 0.3) is 54.9 Å². The summed E-state index contributed by atoms with van der Waals surface area (Å²) in [5.74, 6) is 0.399. The van der Waals surface area contributed by atoms with Gasteiger partial charge in [-0.3, -0.25) is 0 Å². The third-order valence-electron chi connectivity index (χ3n) is 11.2. The highest BCUT2D eigenvalue weighted by molar-refractivity contribution is 6.11. The highest BCUT2D eigenvalue weighted by Gasteiger charge is 2.37. The van der Waals surface area contributed by atoms with Gasteiger partial charge in [0, 0.05) is 22.7 Å².